The molecule has 2 rings (SSSR count). The maximum atomic E-state index is 11.4. The molecule has 0 aliphatic rings. The van der Waals surface area contributed by atoms with Crippen molar-refractivity contribution in [2.24, 2.45) is 0 Å². The van der Waals surface area contributed by atoms with E-state index in [-0.39, 0.29) is 6.04 Å². The molecule has 21 heavy (non-hydrogen) atoms. The van der Waals surface area contributed by atoms with Crippen LogP contribution in [0.1, 0.15) is 25.5 Å². The van der Waals surface area contributed by atoms with Crippen molar-refractivity contribution >= 4 is 6.09 Å². The van der Waals surface area contributed by atoms with Crippen LogP contribution in [0.25, 0.3) is 0 Å². The quantitative estimate of drug-likeness (QED) is 0.891. The monoisotopic (exact) mass is 285 g/mol. The van der Waals surface area contributed by atoms with Crippen molar-refractivity contribution in [3.8, 4) is 11.5 Å². The molecule has 0 spiro atoms. The number of para-hydroxylation sites is 1. The van der Waals surface area contributed by atoms with E-state index in [1.54, 1.807) is 6.92 Å². The topological polar surface area (TPSA) is 47.6 Å². The highest BCUT2D eigenvalue weighted by atomic mass is 16.5. The van der Waals surface area contributed by atoms with Gasteiger partial charge in [-0.3, -0.25) is 0 Å². The number of carbonyl (C=O) groups excluding carboxylic acids is 1. The maximum Gasteiger partial charge on any atom is 0.407 e. The van der Waals surface area contributed by atoms with Gasteiger partial charge in [-0.15, -0.1) is 0 Å². The molecule has 0 unspecified atom stereocenters. The van der Waals surface area contributed by atoms with Crippen molar-refractivity contribution in [3.63, 3.8) is 0 Å². The van der Waals surface area contributed by atoms with Crippen molar-refractivity contribution < 1.29 is 14.3 Å². The molecule has 110 valence electrons. The summed E-state index contributed by atoms with van der Waals surface area (Å²) in [5.41, 5.74) is 0.955. The van der Waals surface area contributed by atoms with Gasteiger partial charge in [0.25, 0.3) is 0 Å². The van der Waals surface area contributed by atoms with Gasteiger partial charge in [0, 0.05) is 0 Å². The predicted molar refractivity (Wildman–Crippen MR) is 81.5 cm³/mol. The summed E-state index contributed by atoms with van der Waals surface area (Å²) in [7, 11) is 0. The molecule has 0 saturated carbocycles. The molecule has 0 bridgehead atoms. The van der Waals surface area contributed by atoms with Crippen molar-refractivity contribution in [1.29, 1.82) is 0 Å². The summed E-state index contributed by atoms with van der Waals surface area (Å²) in [6.07, 6.45) is -0.417. The molecule has 4 nitrogen and oxygen atoms in total. The largest absolute Gasteiger partial charge is 0.457 e. The number of amides is 1. The maximum absolute atomic E-state index is 11.4. The SMILES string of the molecule is CCOC(=O)N[C@@H](C)c1cccc(Oc2ccccc2)c1. The minimum Gasteiger partial charge on any atom is -0.457 e. The second kappa shape index (κ2) is 7.33. The summed E-state index contributed by atoms with van der Waals surface area (Å²) in [4.78, 5) is 11.4. The van der Waals surface area contributed by atoms with E-state index in [2.05, 4.69) is 5.32 Å². The first kappa shape index (κ1) is 14.9. The van der Waals surface area contributed by atoms with Gasteiger partial charge in [0.15, 0.2) is 0 Å². The fourth-order valence-corrected chi connectivity index (χ4v) is 1.90. The van der Waals surface area contributed by atoms with Crippen LogP contribution in [0.3, 0.4) is 0 Å². The molecular formula is C17H19NO3. The van der Waals surface area contributed by atoms with Gasteiger partial charge < -0.3 is 14.8 Å². The minimum absolute atomic E-state index is 0.150. The summed E-state index contributed by atoms with van der Waals surface area (Å²) >= 11 is 0. The van der Waals surface area contributed by atoms with Gasteiger partial charge >= 0.3 is 6.09 Å². The lowest BCUT2D eigenvalue weighted by atomic mass is 10.1. The van der Waals surface area contributed by atoms with E-state index in [9.17, 15) is 4.79 Å². The van der Waals surface area contributed by atoms with Crippen LogP contribution in [0.5, 0.6) is 11.5 Å². The van der Waals surface area contributed by atoms with Crippen LogP contribution in [-0.2, 0) is 4.74 Å². The van der Waals surface area contributed by atoms with Crippen LogP contribution in [0.15, 0.2) is 54.6 Å². The third-order valence-corrected chi connectivity index (χ3v) is 2.95. The molecule has 4 heteroatoms. The zero-order valence-electron chi connectivity index (χ0n) is 12.2. The van der Waals surface area contributed by atoms with Crippen LogP contribution >= 0.6 is 0 Å². The average Bonchev–Trinajstić information content (AvgIpc) is 2.49. The fourth-order valence-electron chi connectivity index (χ4n) is 1.90. The van der Waals surface area contributed by atoms with E-state index in [0.29, 0.717) is 6.61 Å². The van der Waals surface area contributed by atoms with E-state index in [0.717, 1.165) is 17.1 Å². The van der Waals surface area contributed by atoms with Crippen molar-refractivity contribution in [2.45, 2.75) is 19.9 Å². The Bertz CT molecular complexity index is 584. The molecule has 0 fully saturated rings. The summed E-state index contributed by atoms with van der Waals surface area (Å²) in [6.45, 7) is 4.03. The lowest BCUT2D eigenvalue weighted by Gasteiger charge is -2.15. The van der Waals surface area contributed by atoms with E-state index in [4.69, 9.17) is 9.47 Å². The minimum atomic E-state index is -0.417. The lowest BCUT2D eigenvalue weighted by Crippen LogP contribution is -2.27. The zero-order chi connectivity index (χ0) is 15.1. The Balaban J connectivity index is 2.05. The first-order chi connectivity index (χ1) is 10.2. The number of alkyl carbamates (subject to hydrolysis) is 1. The molecule has 0 radical (unpaired) electrons. The number of ether oxygens (including phenoxy) is 2. The molecule has 2 aromatic carbocycles. The van der Waals surface area contributed by atoms with Crippen LogP contribution < -0.4 is 10.1 Å². The lowest BCUT2D eigenvalue weighted by molar-refractivity contribution is 0.149. The van der Waals surface area contributed by atoms with E-state index in [1.165, 1.54) is 0 Å². The van der Waals surface area contributed by atoms with Gasteiger partial charge in [0.2, 0.25) is 0 Å². The van der Waals surface area contributed by atoms with Crippen molar-refractivity contribution in [1.82, 2.24) is 5.32 Å². The Hall–Kier alpha value is -2.49. The number of benzene rings is 2. The van der Waals surface area contributed by atoms with Crippen LogP contribution in [0.4, 0.5) is 4.79 Å². The second-order valence-electron chi connectivity index (χ2n) is 4.57. The second-order valence-corrected chi connectivity index (χ2v) is 4.57. The molecule has 0 aromatic heterocycles. The Morgan fingerprint density at radius 2 is 1.81 bits per heavy atom. The Morgan fingerprint density at radius 1 is 1.10 bits per heavy atom. The predicted octanol–water partition coefficient (Wildman–Crippen LogP) is 4.29. The molecule has 1 amide bonds. The molecule has 0 aliphatic carbocycles. The first-order valence-electron chi connectivity index (χ1n) is 6.95. The van der Waals surface area contributed by atoms with E-state index in [1.807, 2.05) is 61.5 Å². The molecule has 1 atom stereocenters. The van der Waals surface area contributed by atoms with Gasteiger partial charge in [-0.1, -0.05) is 30.3 Å². The number of hydrogen-bond acceptors (Lipinski definition) is 3. The van der Waals surface area contributed by atoms with Gasteiger partial charge in [0.1, 0.15) is 11.5 Å². The molecule has 0 aliphatic heterocycles. The molecule has 0 heterocycles. The average molecular weight is 285 g/mol. The summed E-state index contributed by atoms with van der Waals surface area (Å²) < 4.78 is 10.7. The molecule has 2 aromatic rings. The summed E-state index contributed by atoms with van der Waals surface area (Å²) in [5, 5.41) is 2.77. The van der Waals surface area contributed by atoms with Crippen LogP contribution in [0.2, 0.25) is 0 Å². The van der Waals surface area contributed by atoms with Crippen molar-refractivity contribution in [3.05, 3.63) is 60.2 Å². The van der Waals surface area contributed by atoms with Gasteiger partial charge in [-0.25, -0.2) is 4.79 Å². The standard InChI is InChI=1S/C17H19NO3/c1-3-20-17(19)18-13(2)14-8-7-11-16(12-14)21-15-9-5-4-6-10-15/h4-13H,3H2,1-2H3,(H,18,19)/t13-/m0/s1. The number of rotatable bonds is 5. The highest BCUT2D eigenvalue weighted by Gasteiger charge is 2.10. The van der Waals surface area contributed by atoms with Crippen LogP contribution in [-0.4, -0.2) is 12.7 Å². The van der Waals surface area contributed by atoms with Gasteiger partial charge in [-0.05, 0) is 43.7 Å². The van der Waals surface area contributed by atoms with Gasteiger partial charge in [0.05, 0.1) is 12.6 Å². The number of nitrogens with one attached hydrogen (secondary N) is 1. The number of carbonyl (C=O) groups is 1. The Labute approximate surface area is 124 Å². The summed E-state index contributed by atoms with van der Waals surface area (Å²) in [6, 6.07) is 17.1. The smallest absolute Gasteiger partial charge is 0.407 e. The highest BCUT2D eigenvalue weighted by molar-refractivity contribution is 5.67. The molecule has 0 saturated heterocycles. The van der Waals surface area contributed by atoms with Crippen molar-refractivity contribution in [2.75, 3.05) is 6.61 Å². The highest BCUT2D eigenvalue weighted by Crippen LogP contribution is 2.24. The Kier molecular flexibility index (Phi) is 5.21. The van der Waals surface area contributed by atoms with Gasteiger partial charge in [-0.2, -0.15) is 0 Å². The molecular weight excluding hydrogens is 266 g/mol. The normalized spacial score (nSPS) is 11.5. The third kappa shape index (κ3) is 4.53. The molecule has 1 N–H and O–H groups in total. The van der Waals surface area contributed by atoms with E-state index < -0.39 is 6.09 Å². The zero-order valence-corrected chi connectivity index (χ0v) is 12.2. The number of hydrogen-bond donors (Lipinski definition) is 1. The summed E-state index contributed by atoms with van der Waals surface area (Å²) in [5.74, 6) is 1.51. The fraction of sp³-hybridized carbons (Fsp3) is 0.235. The Morgan fingerprint density at radius 3 is 2.52 bits per heavy atom. The third-order valence-electron chi connectivity index (χ3n) is 2.95. The van der Waals surface area contributed by atoms with E-state index >= 15 is 0 Å². The first-order valence-corrected chi connectivity index (χ1v) is 6.95. The van der Waals surface area contributed by atoms with Crippen LogP contribution in [0, 0.1) is 0 Å².